The lowest BCUT2D eigenvalue weighted by molar-refractivity contribution is -0.159. The molecule has 2 atom stereocenters. The van der Waals surface area contributed by atoms with E-state index in [0.29, 0.717) is 33.6 Å². The zero-order valence-corrected chi connectivity index (χ0v) is 20.1. The minimum atomic E-state index is -0.717. The van der Waals surface area contributed by atoms with Crippen LogP contribution in [0.1, 0.15) is 62.2 Å². The highest BCUT2D eigenvalue weighted by Gasteiger charge is 2.37. The van der Waals surface area contributed by atoms with E-state index < -0.39 is 17.6 Å². The molecule has 1 saturated heterocycles. The van der Waals surface area contributed by atoms with Crippen molar-refractivity contribution < 1.29 is 19.1 Å². The molecule has 10 heteroatoms. The summed E-state index contributed by atoms with van der Waals surface area (Å²) in [5, 5.41) is 7.21. The van der Waals surface area contributed by atoms with Gasteiger partial charge in [-0.3, -0.25) is 20.1 Å². The Morgan fingerprint density at radius 2 is 2.09 bits per heavy atom. The fraction of sp³-hybridized carbons (Fsp3) is 0.565. The van der Waals surface area contributed by atoms with Crippen molar-refractivity contribution in [1.82, 2.24) is 20.5 Å². The molecule has 1 amide bonds. The molecule has 0 aliphatic carbocycles. The summed E-state index contributed by atoms with van der Waals surface area (Å²) < 4.78 is 10.9. The maximum atomic E-state index is 13.1. The number of nitrogens with one attached hydrogen (secondary N) is 2. The summed E-state index contributed by atoms with van der Waals surface area (Å²) in [6.45, 7) is 8.78. The van der Waals surface area contributed by atoms with Crippen molar-refractivity contribution in [3.8, 4) is 0 Å². The molecule has 0 radical (unpaired) electrons. The normalized spacial score (nSPS) is 22.3. The first-order valence-corrected chi connectivity index (χ1v) is 11.6. The molecular formula is C23H30ClN5O4. The summed E-state index contributed by atoms with van der Waals surface area (Å²) in [5.41, 5.74) is 1.79. The van der Waals surface area contributed by atoms with Crippen LogP contribution < -0.4 is 10.6 Å². The minimum absolute atomic E-state index is 0.254. The number of carbonyl (C=O) groups excluding carboxylic acids is 2. The average Bonchev–Trinajstić information content (AvgIpc) is 3.10. The lowest BCUT2D eigenvalue weighted by Crippen LogP contribution is -2.48. The molecule has 1 aromatic heterocycles. The number of esters is 1. The molecule has 0 bridgehead atoms. The van der Waals surface area contributed by atoms with E-state index in [1.807, 2.05) is 0 Å². The molecule has 0 aromatic carbocycles. The van der Waals surface area contributed by atoms with Crippen LogP contribution in [0.2, 0.25) is 0 Å². The first-order valence-electron chi connectivity index (χ1n) is 11.2. The number of aliphatic imine (C=N–C) groups is 1. The Balaban J connectivity index is 1.48. The van der Waals surface area contributed by atoms with Gasteiger partial charge in [0.1, 0.15) is 11.6 Å². The van der Waals surface area contributed by atoms with Crippen molar-refractivity contribution in [3.05, 3.63) is 34.1 Å². The predicted octanol–water partition coefficient (Wildman–Crippen LogP) is 2.40. The van der Waals surface area contributed by atoms with Gasteiger partial charge in [0.25, 0.3) is 5.91 Å². The van der Waals surface area contributed by atoms with Crippen LogP contribution in [0.3, 0.4) is 0 Å². The van der Waals surface area contributed by atoms with Gasteiger partial charge >= 0.3 is 5.97 Å². The quantitative estimate of drug-likeness (QED) is 0.630. The number of fused-ring (bicyclic) bond motifs is 1. The molecule has 33 heavy (non-hydrogen) atoms. The predicted molar refractivity (Wildman–Crippen MR) is 125 cm³/mol. The SMILES string of the molecule is C[C@H](C(=O)OC(C)(C)C)N1Cc2ncc(C3=C(Cl)C=NC(NC4CCOCC4)N3)cc2C1=O. The van der Waals surface area contributed by atoms with Gasteiger partial charge in [0.05, 0.1) is 28.5 Å². The van der Waals surface area contributed by atoms with Gasteiger partial charge in [0, 0.05) is 37.2 Å². The summed E-state index contributed by atoms with van der Waals surface area (Å²) in [7, 11) is 0. The second-order valence-electron chi connectivity index (χ2n) is 9.46. The Morgan fingerprint density at radius 1 is 1.36 bits per heavy atom. The lowest BCUT2D eigenvalue weighted by atomic mass is 10.1. The topological polar surface area (TPSA) is 105 Å². The number of allylic oxidation sites excluding steroid dienone is 1. The van der Waals surface area contributed by atoms with E-state index in [1.165, 1.54) is 4.90 Å². The number of rotatable bonds is 5. The van der Waals surface area contributed by atoms with E-state index in [4.69, 9.17) is 21.1 Å². The number of halogens is 1. The van der Waals surface area contributed by atoms with Crippen LogP contribution in [0.5, 0.6) is 0 Å². The molecule has 3 aliphatic heterocycles. The smallest absolute Gasteiger partial charge is 0.329 e. The van der Waals surface area contributed by atoms with Crippen molar-refractivity contribution >= 4 is 35.4 Å². The standard InChI is InChI=1S/C23H30ClN5O4/c1-13(21(31)33-23(2,3)4)29-12-18-16(20(29)30)9-14(10-25-18)19-17(24)11-26-22(28-19)27-15-5-7-32-8-6-15/h9-11,13,15,22,27-28H,5-8,12H2,1-4H3/t13-,22?/m1/s1. The van der Waals surface area contributed by atoms with Crippen LogP contribution in [0, 0.1) is 0 Å². The van der Waals surface area contributed by atoms with Crippen LogP contribution in [-0.2, 0) is 20.8 Å². The summed E-state index contributed by atoms with van der Waals surface area (Å²) >= 11 is 6.43. The van der Waals surface area contributed by atoms with Crippen LogP contribution in [0.25, 0.3) is 5.70 Å². The zero-order chi connectivity index (χ0) is 23.8. The molecule has 3 aliphatic rings. The van der Waals surface area contributed by atoms with Crippen LogP contribution in [-0.4, -0.2) is 65.2 Å². The van der Waals surface area contributed by atoms with E-state index in [9.17, 15) is 9.59 Å². The summed E-state index contributed by atoms with van der Waals surface area (Å²) in [4.78, 5) is 36.0. The summed E-state index contributed by atoms with van der Waals surface area (Å²) in [5.74, 6) is -0.697. The first kappa shape index (κ1) is 23.7. The number of pyridine rings is 1. The van der Waals surface area contributed by atoms with Gasteiger partial charge in [0.15, 0.2) is 6.29 Å². The molecule has 0 saturated carbocycles. The Morgan fingerprint density at radius 3 is 2.79 bits per heavy atom. The van der Waals surface area contributed by atoms with Gasteiger partial charge in [-0.05, 0) is 46.6 Å². The molecule has 9 nitrogen and oxygen atoms in total. The molecule has 178 valence electrons. The van der Waals surface area contributed by atoms with Crippen LogP contribution in [0.15, 0.2) is 22.3 Å². The number of carbonyl (C=O) groups is 2. The van der Waals surface area contributed by atoms with Crippen molar-refractivity contribution in [1.29, 1.82) is 0 Å². The van der Waals surface area contributed by atoms with Gasteiger partial charge in [-0.15, -0.1) is 0 Å². The Bertz CT molecular complexity index is 997. The van der Waals surface area contributed by atoms with Gasteiger partial charge in [0.2, 0.25) is 0 Å². The van der Waals surface area contributed by atoms with Crippen molar-refractivity contribution in [2.75, 3.05) is 13.2 Å². The van der Waals surface area contributed by atoms with Crippen LogP contribution in [0.4, 0.5) is 0 Å². The Kier molecular flexibility index (Phi) is 6.74. The fourth-order valence-corrected chi connectivity index (χ4v) is 4.22. The molecular weight excluding hydrogens is 446 g/mol. The Hall–Kier alpha value is -2.49. The number of ether oxygens (including phenoxy) is 2. The first-order chi connectivity index (χ1) is 15.6. The molecule has 1 unspecified atom stereocenters. The highest BCUT2D eigenvalue weighted by Crippen LogP contribution is 2.29. The number of hydrogen-bond acceptors (Lipinski definition) is 8. The maximum absolute atomic E-state index is 13.1. The molecule has 1 aromatic rings. The second kappa shape index (κ2) is 9.40. The third-order valence-corrected chi connectivity index (χ3v) is 6.04. The van der Waals surface area contributed by atoms with E-state index >= 15 is 0 Å². The average molecular weight is 476 g/mol. The highest BCUT2D eigenvalue weighted by atomic mass is 35.5. The van der Waals surface area contributed by atoms with Gasteiger partial charge in [-0.25, -0.2) is 4.79 Å². The highest BCUT2D eigenvalue weighted by molar-refractivity contribution is 6.42. The molecule has 4 rings (SSSR count). The zero-order valence-electron chi connectivity index (χ0n) is 19.4. The van der Waals surface area contributed by atoms with E-state index in [-0.39, 0.29) is 18.7 Å². The van der Waals surface area contributed by atoms with E-state index in [0.717, 1.165) is 26.1 Å². The van der Waals surface area contributed by atoms with E-state index in [1.54, 1.807) is 46.2 Å². The third kappa shape index (κ3) is 5.37. The second-order valence-corrected chi connectivity index (χ2v) is 9.87. The third-order valence-electron chi connectivity index (χ3n) is 5.76. The number of aromatic nitrogens is 1. The molecule has 1 fully saturated rings. The lowest BCUT2D eigenvalue weighted by Gasteiger charge is -2.30. The molecule has 0 spiro atoms. The minimum Gasteiger partial charge on any atom is -0.458 e. The Labute approximate surface area is 198 Å². The number of amides is 1. The molecule has 4 heterocycles. The molecule has 2 N–H and O–H groups in total. The fourth-order valence-electron chi connectivity index (χ4n) is 4.00. The largest absolute Gasteiger partial charge is 0.458 e. The number of nitrogens with zero attached hydrogens (tertiary/aromatic N) is 3. The number of hydrogen-bond donors (Lipinski definition) is 2. The van der Waals surface area contributed by atoms with Crippen molar-refractivity contribution in [3.63, 3.8) is 0 Å². The van der Waals surface area contributed by atoms with Crippen molar-refractivity contribution in [2.45, 2.75) is 71.1 Å². The van der Waals surface area contributed by atoms with E-state index in [2.05, 4.69) is 20.6 Å². The van der Waals surface area contributed by atoms with Gasteiger partial charge < -0.3 is 19.7 Å². The maximum Gasteiger partial charge on any atom is 0.329 e. The summed E-state index contributed by atoms with van der Waals surface area (Å²) in [6.07, 6.45) is 4.79. The monoisotopic (exact) mass is 475 g/mol. The van der Waals surface area contributed by atoms with Gasteiger partial charge in [-0.2, -0.15) is 0 Å². The summed E-state index contributed by atoms with van der Waals surface area (Å²) in [6, 6.07) is 1.35. The van der Waals surface area contributed by atoms with Crippen molar-refractivity contribution in [2.24, 2.45) is 4.99 Å². The van der Waals surface area contributed by atoms with Crippen LogP contribution >= 0.6 is 11.6 Å². The van der Waals surface area contributed by atoms with Gasteiger partial charge in [-0.1, -0.05) is 11.6 Å².